The lowest BCUT2D eigenvalue weighted by Gasteiger charge is -2.06. The fraction of sp³-hybridized carbons (Fsp3) is 0.462. The summed E-state index contributed by atoms with van der Waals surface area (Å²) >= 11 is 0. The van der Waals surface area contributed by atoms with E-state index in [0.29, 0.717) is 26.2 Å². The Kier molecular flexibility index (Phi) is 7.13. The molecule has 0 aliphatic rings. The maximum absolute atomic E-state index is 11.7. The fourth-order valence-corrected chi connectivity index (χ4v) is 1.48. The first-order chi connectivity index (χ1) is 10.1. The van der Waals surface area contributed by atoms with Crippen LogP contribution in [0, 0.1) is 10.1 Å². The molecule has 0 atom stereocenters. The Morgan fingerprint density at radius 3 is 2.71 bits per heavy atom. The predicted octanol–water partition coefficient (Wildman–Crippen LogP) is 1.39. The van der Waals surface area contributed by atoms with Gasteiger partial charge in [0, 0.05) is 26.2 Å². The third kappa shape index (κ3) is 5.76. The summed E-state index contributed by atoms with van der Waals surface area (Å²) < 4.78 is 15.0. The van der Waals surface area contributed by atoms with Crippen LogP contribution in [0.25, 0.3) is 0 Å². The normalized spacial score (nSPS) is 10.3. The summed E-state index contributed by atoms with van der Waals surface area (Å²) in [4.78, 5) is 21.8. The molecule has 0 heterocycles. The number of carbonyl (C=O) groups is 1. The third-order valence-electron chi connectivity index (χ3n) is 2.56. The van der Waals surface area contributed by atoms with Gasteiger partial charge < -0.3 is 19.9 Å². The number of rotatable bonds is 9. The van der Waals surface area contributed by atoms with Crippen LogP contribution in [0.5, 0.6) is 0 Å². The molecule has 8 nitrogen and oxygen atoms in total. The van der Waals surface area contributed by atoms with Gasteiger partial charge in [-0.25, -0.2) is 4.79 Å². The quantitative estimate of drug-likeness (QED) is 0.241. The molecule has 0 aliphatic carbocycles. The van der Waals surface area contributed by atoms with E-state index in [-0.39, 0.29) is 23.5 Å². The fourth-order valence-electron chi connectivity index (χ4n) is 1.48. The number of carbonyl (C=O) groups excluding carboxylic acids is 1. The number of nitrogens with two attached hydrogens (primary N) is 1. The van der Waals surface area contributed by atoms with Gasteiger partial charge in [-0.15, -0.1) is 0 Å². The van der Waals surface area contributed by atoms with E-state index in [1.165, 1.54) is 12.1 Å². The zero-order valence-corrected chi connectivity index (χ0v) is 11.7. The second kappa shape index (κ2) is 8.88. The minimum absolute atomic E-state index is 0.00286. The highest BCUT2D eigenvalue weighted by atomic mass is 16.6. The lowest BCUT2D eigenvalue weighted by molar-refractivity contribution is -0.383. The van der Waals surface area contributed by atoms with Gasteiger partial charge in [0.15, 0.2) is 0 Å². The van der Waals surface area contributed by atoms with Crippen LogP contribution in [0.4, 0.5) is 11.4 Å². The highest BCUT2D eigenvalue weighted by Crippen LogP contribution is 2.22. The summed E-state index contributed by atoms with van der Waals surface area (Å²) in [6.45, 7) is 1.60. The number of anilines is 1. The Bertz CT molecular complexity index is 492. The number of nitrogens with zero attached hydrogens (tertiary/aromatic N) is 1. The minimum atomic E-state index is -0.643. The van der Waals surface area contributed by atoms with Gasteiger partial charge >= 0.3 is 5.97 Å². The summed E-state index contributed by atoms with van der Waals surface area (Å²) in [5, 5.41) is 10.7. The molecular formula is C13H18N2O6. The van der Waals surface area contributed by atoms with Crippen LogP contribution < -0.4 is 5.73 Å². The maximum Gasteiger partial charge on any atom is 0.338 e. The van der Waals surface area contributed by atoms with E-state index in [2.05, 4.69) is 0 Å². The molecule has 8 heteroatoms. The van der Waals surface area contributed by atoms with Crippen LogP contribution in [0.15, 0.2) is 18.2 Å². The van der Waals surface area contributed by atoms with Gasteiger partial charge in [-0.2, -0.15) is 0 Å². The van der Waals surface area contributed by atoms with Gasteiger partial charge in [0.25, 0.3) is 5.69 Å². The van der Waals surface area contributed by atoms with Crippen LogP contribution in [-0.4, -0.2) is 44.4 Å². The number of nitro groups is 1. The number of hydrogen-bond acceptors (Lipinski definition) is 7. The minimum Gasteiger partial charge on any atom is -0.462 e. The monoisotopic (exact) mass is 298 g/mol. The number of nitro benzene ring substituents is 1. The number of ether oxygens (including phenoxy) is 3. The van der Waals surface area contributed by atoms with Crippen molar-refractivity contribution in [2.75, 3.05) is 39.3 Å². The highest BCUT2D eigenvalue weighted by molar-refractivity contribution is 5.91. The first-order valence-electron chi connectivity index (χ1n) is 6.34. The third-order valence-corrected chi connectivity index (χ3v) is 2.56. The number of esters is 1. The van der Waals surface area contributed by atoms with Crippen molar-refractivity contribution in [3.63, 3.8) is 0 Å². The Labute approximate surface area is 121 Å². The van der Waals surface area contributed by atoms with Crippen molar-refractivity contribution in [3.05, 3.63) is 33.9 Å². The number of benzene rings is 1. The van der Waals surface area contributed by atoms with Crippen molar-refractivity contribution in [1.82, 2.24) is 0 Å². The van der Waals surface area contributed by atoms with Crippen LogP contribution >= 0.6 is 0 Å². The Hall–Kier alpha value is -2.19. The molecule has 0 fully saturated rings. The van der Waals surface area contributed by atoms with E-state index >= 15 is 0 Å². The van der Waals surface area contributed by atoms with Crippen molar-refractivity contribution in [2.45, 2.75) is 6.42 Å². The van der Waals surface area contributed by atoms with Gasteiger partial charge in [0.1, 0.15) is 5.69 Å². The lowest BCUT2D eigenvalue weighted by Crippen LogP contribution is -2.10. The molecule has 0 unspecified atom stereocenters. The summed E-state index contributed by atoms with van der Waals surface area (Å²) in [7, 11) is 1.58. The van der Waals surface area contributed by atoms with Crippen molar-refractivity contribution in [3.8, 4) is 0 Å². The van der Waals surface area contributed by atoms with Crippen LogP contribution in [0.1, 0.15) is 16.8 Å². The average Bonchev–Trinajstić information content (AvgIpc) is 2.46. The van der Waals surface area contributed by atoms with Crippen LogP contribution in [0.3, 0.4) is 0 Å². The zero-order chi connectivity index (χ0) is 15.7. The van der Waals surface area contributed by atoms with Gasteiger partial charge in [-0.1, -0.05) is 0 Å². The molecule has 0 radical (unpaired) electrons. The molecule has 0 saturated carbocycles. The molecule has 0 aromatic heterocycles. The SMILES string of the molecule is COCCOCCCOC(=O)c1ccc(N)c([N+](=O)[O-])c1. The molecule has 1 aromatic rings. The van der Waals surface area contributed by atoms with Crippen molar-refractivity contribution in [2.24, 2.45) is 0 Å². The molecule has 0 saturated heterocycles. The smallest absolute Gasteiger partial charge is 0.338 e. The molecular weight excluding hydrogens is 280 g/mol. The molecule has 21 heavy (non-hydrogen) atoms. The predicted molar refractivity (Wildman–Crippen MR) is 75.1 cm³/mol. The van der Waals surface area contributed by atoms with E-state index in [9.17, 15) is 14.9 Å². The molecule has 116 valence electrons. The van der Waals surface area contributed by atoms with E-state index in [4.69, 9.17) is 19.9 Å². The first-order valence-corrected chi connectivity index (χ1v) is 6.34. The Morgan fingerprint density at radius 2 is 2.05 bits per heavy atom. The average molecular weight is 298 g/mol. The second-order valence-electron chi connectivity index (χ2n) is 4.13. The molecule has 0 spiro atoms. The number of methoxy groups -OCH3 is 1. The number of nitrogen functional groups attached to an aromatic ring is 1. The van der Waals surface area contributed by atoms with Crippen molar-refractivity contribution < 1.29 is 23.9 Å². The highest BCUT2D eigenvalue weighted by Gasteiger charge is 2.16. The van der Waals surface area contributed by atoms with Crippen LogP contribution in [-0.2, 0) is 14.2 Å². The molecule has 1 aromatic carbocycles. The largest absolute Gasteiger partial charge is 0.462 e. The molecule has 0 amide bonds. The number of hydrogen-bond donors (Lipinski definition) is 1. The van der Waals surface area contributed by atoms with E-state index in [1.807, 2.05) is 0 Å². The van der Waals surface area contributed by atoms with E-state index < -0.39 is 10.9 Å². The van der Waals surface area contributed by atoms with E-state index in [1.54, 1.807) is 7.11 Å². The summed E-state index contributed by atoms with van der Waals surface area (Å²) in [5.74, 6) is -0.630. The van der Waals surface area contributed by atoms with Gasteiger partial charge in [0.05, 0.1) is 30.3 Å². The lowest BCUT2D eigenvalue weighted by atomic mass is 10.2. The summed E-state index contributed by atoms with van der Waals surface area (Å²) in [6, 6.07) is 3.80. The topological polar surface area (TPSA) is 114 Å². The first kappa shape index (κ1) is 16.9. The van der Waals surface area contributed by atoms with Crippen molar-refractivity contribution >= 4 is 17.3 Å². The molecule has 1 rings (SSSR count). The zero-order valence-electron chi connectivity index (χ0n) is 11.7. The molecule has 2 N–H and O–H groups in total. The van der Waals surface area contributed by atoms with Gasteiger partial charge in [0.2, 0.25) is 0 Å². The molecule has 0 bridgehead atoms. The maximum atomic E-state index is 11.7. The second-order valence-corrected chi connectivity index (χ2v) is 4.13. The summed E-state index contributed by atoms with van der Waals surface area (Å²) in [5.41, 5.74) is 5.23. The Balaban J connectivity index is 2.39. The summed E-state index contributed by atoms with van der Waals surface area (Å²) in [6.07, 6.45) is 0.534. The molecule has 0 aliphatic heterocycles. The van der Waals surface area contributed by atoms with Crippen molar-refractivity contribution in [1.29, 1.82) is 0 Å². The van der Waals surface area contributed by atoms with Crippen LogP contribution in [0.2, 0.25) is 0 Å². The van der Waals surface area contributed by atoms with Gasteiger partial charge in [-0.3, -0.25) is 10.1 Å². The van der Waals surface area contributed by atoms with Gasteiger partial charge in [-0.05, 0) is 12.1 Å². The standard InChI is InChI=1S/C13H18N2O6/c1-19-7-8-20-5-2-6-21-13(16)10-3-4-11(14)12(9-10)15(17)18/h3-4,9H,2,5-8,14H2,1H3. The van der Waals surface area contributed by atoms with E-state index in [0.717, 1.165) is 6.07 Å². The Morgan fingerprint density at radius 1 is 1.29 bits per heavy atom.